The van der Waals surface area contributed by atoms with Crippen molar-refractivity contribution < 1.29 is 0 Å². The highest BCUT2D eigenvalue weighted by Gasteiger charge is 2.17. The molecule has 0 radical (unpaired) electrons. The average Bonchev–Trinajstić information content (AvgIpc) is 3.11. The Balaban J connectivity index is 1.80. The van der Waals surface area contributed by atoms with Crippen LogP contribution in [0.3, 0.4) is 0 Å². The van der Waals surface area contributed by atoms with Crippen molar-refractivity contribution in [1.29, 1.82) is 0 Å². The molecule has 0 aliphatic carbocycles. The van der Waals surface area contributed by atoms with Crippen molar-refractivity contribution in [3.8, 4) is 0 Å². The van der Waals surface area contributed by atoms with Gasteiger partial charge in [-0.2, -0.15) is 5.10 Å². The Labute approximate surface area is 166 Å². The first-order valence-corrected chi connectivity index (χ1v) is 10.6. The van der Waals surface area contributed by atoms with Gasteiger partial charge in [0.1, 0.15) is 0 Å². The summed E-state index contributed by atoms with van der Waals surface area (Å²) in [5, 5.41) is 13.1. The summed E-state index contributed by atoms with van der Waals surface area (Å²) in [6.45, 7) is 8.15. The molecule has 0 aromatic heterocycles. The van der Waals surface area contributed by atoms with Gasteiger partial charge in [0, 0.05) is 17.5 Å². The lowest BCUT2D eigenvalue weighted by Crippen LogP contribution is -2.33. The number of hydrazone groups is 1. The lowest BCUT2D eigenvalue weighted by Gasteiger charge is -2.09. The summed E-state index contributed by atoms with van der Waals surface area (Å²) in [5.74, 6) is 0. The quantitative estimate of drug-likeness (QED) is 0.266. The van der Waals surface area contributed by atoms with E-state index in [9.17, 15) is 0 Å². The topological polar surface area (TPSA) is 60.8 Å². The van der Waals surface area contributed by atoms with Gasteiger partial charge in [-0.05, 0) is 49.7 Å². The van der Waals surface area contributed by atoms with Crippen LogP contribution in [-0.2, 0) is 0 Å². The van der Waals surface area contributed by atoms with Crippen LogP contribution in [0.15, 0.2) is 34.4 Å². The average molecular weight is 392 g/mol. The zero-order valence-corrected chi connectivity index (χ0v) is 17.5. The maximum Gasteiger partial charge on any atom is 0.186 e. The van der Waals surface area contributed by atoms with Gasteiger partial charge in [-0.3, -0.25) is 10.4 Å². The highest BCUT2D eigenvalue weighted by Crippen LogP contribution is 2.24. The van der Waals surface area contributed by atoms with E-state index < -0.39 is 0 Å². The first-order chi connectivity index (χ1) is 12.6. The number of thiocarbonyl (C=S) groups is 1. The van der Waals surface area contributed by atoms with Crippen LogP contribution in [0.4, 0.5) is 5.69 Å². The number of rotatable bonds is 8. The van der Waals surface area contributed by atoms with Crippen LogP contribution in [0.1, 0.15) is 52.0 Å². The lowest BCUT2D eigenvalue weighted by atomic mass is 10.1. The maximum absolute atomic E-state index is 5.24. The van der Waals surface area contributed by atoms with E-state index in [4.69, 9.17) is 12.2 Å². The van der Waals surface area contributed by atoms with Crippen molar-refractivity contribution in [2.75, 3.05) is 18.4 Å². The Morgan fingerprint density at radius 2 is 2.04 bits per heavy atom. The van der Waals surface area contributed by atoms with E-state index in [1.807, 2.05) is 18.7 Å². The minimum absolute atomic E-state index is 0.570. The van der Waals surface area contributed by atoms with Crippen molar-refractivity contribution in [1.82, 2.24) is 10.7 Å². The number of unbranched alkanes of at least 4 members (excludes halogenated alkanes) is 2. The van der Waals surface area contributed by atoms with Crippen molar-refractivity contribution in [2.24, 2.45) is 10.1 Å². The third kappa shape index (κ3) is 6.96. The normalized spacial score (nSPS) is 17.0. The maximum atomic E-state index is 5.24. The summed E-state index contributed by atoms with van der Waals surface area (Å²) >= 11 is 7.06. The van der Waals surface area contributed by atoms with E-state index in [-0.39, 0.29) is 0 Å². The first kappa shape index (κ1) is 20.7. The van der Waals surface area contributed by atoms with Gasteiger partial charge in [0.25, 0.3) is 0 Å². The highest BCUT2D eigenvalue weighted by atomic mass is 32.2. The van der Waals surface area contributed by atoms with Crippen LogP contribution in [0.2, 0.25) is 0 Å². The molecule has 26 heavy (non-hydrogen) atoms. The molecule has 3 N–H and O–H groups in total. The summed E-state index contributed by atoms with van der Waals surface area (Å²) in [6, 6.07) is 8.21. The summed E-state index contributed by atoms with van der Waals surface area (Å²) in [7, 11) is 0. The van der Waals surface area contributed by atoms with Crippen LogP contribution in [0.5, 0.6) is 0 Å². The molecule has 1 heterocycles. The van der Waals surface area contributed by atoms with Crippen molar-refractivity contribution in [3.05, 3.63) is 29.8 Å². The number of nitrogens with one attached hydrogen (secondary N) is 3. The van der Waals surface area contributed by atoms with Crippen LogP contribution in [0, 0.1) is 0 Å². The number of hydrogen-bond acceptors (Lipinski definition) is 5. The van der Waals surface area contributed by atoms with Gasteiger partial charge in [-0.15, -0.1) is 0 Å². The van der Waals surface area contributed by atoms with Crippen LogP contribution >= 0.6 is 24.0 Å². The van der Waals surface area contributed by atoms with E-state index >= 15 is 0 Å². The lowest BCUT2D eigenvalue weighted by molar-refractivity contribution is 0.691. The zero-order valence-electron chi connectivity index (χ0n) is 15.8. The number of thioether (sulfide) groups is 1. The molecule has 0 bridgehead atoms. The fourth-order valence-corrected chi connectivity index (χ4v) is 3.54. The molecule has 7 heteroatoms. The second kappa shape index (κ2) is 11.2. The summed E-state index contributed by atoms with van der Waals surface area (Å²) in [6.07, 6.45) is 4.69. The van der Waals surface area contributed by atoms with Gasteiger partial charge in [-0.25, -0.2) is 0 Å². The van der Waals surface area contributed by atoms with Gasteiger partial charge in [0.2, 0.25) is 0 Å². The largest absolute Gasteiger partial charge is 0.361 e. The summed E-state index contributed by atoms with van der Waals surface area (Å²) in [4.78, 5) is 4.54. The molecule has 1 atom stereocenters. The van der Waals surface area contributed by atoms with Crippen LogP contribution in [-0.4, -0.2) is 34.3 Å². The Kier molecular flexibility index (Phi) is 8.91. The van der Waals surface area contributed by atoms with E-state index in [0.29, 0.717) is 10.4 Å². The van der Waals surface area contributed by atoms with E-state index in [1.54, 1.807) is 0 Å². The smallest absolute Gasteiger partial charge is 0.186 e. The molecule has 0 saturated heterocycles. The molecular weight excluding hydrogens is 362 g/mol. The van der Waals surface area contributed by atoms with Gasteiger partial charge in [-0.1, -0.05) is 50.6 Å². The number of nitrogens with zero attached hydrogens (tertiary/aromatic N) is 2. The molecule has 0 saturated carbocycles. The minimum Gasteiger partial charge on any atom is -0.361 e. The van der Waals surface area contributed by atoms with Crippen molar-refractivity contribution in [3.63, 3.8) is 0 Å². The monoisotopic (exact) mass is 391 g/mol. The summed E-state index contributed by atoms with van der Waals surface area (Å²) < 4.78 is 0. The molecule has 0 spiro atoms. The van der Waals surface area contributed by atoms with Gasteiger partial charge in [0.05, 0.1) is 12.3 Å². The second-order valence-electron chi connectivity index (χ2n) is 6.27. The Bertz CT molecular complexity index is 640. The van der Waals surface area contributed by atoms with Crippen molar-refractivity contribution >= 4 is 45.7 Å². The van der Waals surface area contributed by atoms with Crippen molar-refractivity contribution in [2.45, 2.75) is 51.7 Å². The predicted octanol–water partition coefficient (Wildman–Crippen LogP) is 4.36. The number of benzene rings is 1. The third-order valence-electron chi connectivity index (χ3n) is 4.12. The first-order valence-electron chi connectivity index (χ1n) is 9.29. The Hall–Kier alpha value is -1.60. The molecule has 2 rings (SSSR count). The number of amidine groups is 1. The SMILES string of the molecule is CCCCCNC(=S)N/N=C(/C)c1ccc(NC2=NC[C@@H](CC)S2)cc1. The molecule has 142 valence electrons. The Morgan fingerprint density at radius 3 is 2.69 bits per heavy atom. The molecule has 1 aliphatic heterocycles. The number of anilines is 1. The minimum atomic E-state index is 0.570. The molecule has 1 aromatic carbocycles. The zero-order chi connectivity index (χ0) is 18.8. The van der Waals surface area contributed by atoms with Gasteiger partial charge in [0.15, 0.2) is 10.3 Å². The number of hydrogen-bond donors (Lipinski definition) is 3. The molecule has 0 amide bonds. The molecule has 1 aliphatic rings. The fourth-order valence-electron chi connectivity index (χ4n) is 2.43. The van der Waals surface area contributed by atoms with Gasteiger partial charge >= 0.3 is 0 Å². The predicted molar refractivity (Wildman–Crippen MR) is 120 cm³/mol. The molecule has 5 nitrogen and oxygen atoms in total. The highest BCUT2D eigenvalue weighted by molar-refractivity contribution is 8.15. The van der Waals surface area contributed by atoms with Crippen LogP contribution in [0.25, 0.3) is 0 Å². The molecule has 0 fully saturated rings. The number of aliphatic imine (C=N–C) groups is 1. The fraction of sp³-hybridized carbons (Fsp3) is 0.526. The Morgan fingerprint density at radius 1 is 1.27 bits per heavy atom. The molecule has 0 unspecified atom stereocenters. The standard InChI is InChI=1S/C19H29N5S2/c1-4-6-7-12-20-18(25)24-23-14(3)15-8-10-16(11-9-15)22-19-21-13-17(5-2)26-19/h8-11,17H,4-7,12-13H2,1-3H3,(H,21,22)(H2,20,24,25)/b23-14-/t17-/m1/s1. The second-order valence-corrected chi connectivity index (χ2v) is 7.97. The molecule has 1 aromatic rings. The molecular formula is C19H29N5S2. The van der Waals surface area contributed by atoms with E-state index in [2.05, 4.69) is 64.3 Å². The van der Waals surface area contributed by atoms with E-state index in [0.717, 1.165) is 48.1 Å². The summed E-state index contributed by atoms with van der Waals surface area (Å²) in [5.41, 5.74) is 5.92. The van der Waals surface area contributed by atoms with Gasteiger partial charge < -0.3 is 10.6 Å². The van der Waals surface area contributed by atoms with Crippen LogP contribution < -0.4 is 16.1 Å². The van der Waals surface area contributed by atoms with E-state index in [1.165, 1.54) is 12.8 Å². The third-order valence-corrected chi connectivity index (χ3v) is 5.62.